The number of aliphatic imine (C=N–C) groups is 1. The van der Waals surface area contributed by atoms with Crippen LogP contribution in [0.5, 0.6) is 0 Å². The minimum absolute atomic E-state index is 0.0205. The molecule has 2 heterocycles. The number of rotatable bonds is 7. The van der Waals surface area contributed by atoms with Gasteiger partial charge in [0.25, 0.3) is 0 Å². The second-order valence-corrected chi connectivity index (χ2v) is 7.94. The molecule has 2 atom stereocenters. The van der Waals surface area contributed by atoms with Gasteiger partial charge in [-0.1, -0.05) is 0 Å². The fourth-order valence-corrected chi connectivity index (χ4v) is 4.15. The Balaban J connectivity index is 1.68. The molecule has 152 valence electrons. The number of hydroxylamine groups is 1. The molecule has 0 spiro atoms. The van der Waals surface area contributed by atoms with Crippen molar-refractivity contribution in [3.8, 4) is 0 Å². The van der Waals surface area contributed by atoms with Gasteiger partial charge in [0, 0.05) is 19.1 Å². The van der Waals surface area contributed by atoms with Gasteiger partial charge in [-0.2, -0.15) is 0 Å². The Morgan fingerprint density at radius 1 is 1.54 bits per heavy atom. The van der Waals surface area contributed by atoms with Crippen LogP contribution >= 0.6 is 15.9 Å². The van der Waals surface area contributed by atoms with Gasteiger partial charge in [-0.05, 0) is 63.7 Å². The van der Waals surface area contributed by atoms with E-state index in [2.05, 4.69) is 36.6 Å². The zero-order valence-corrected chi connectivity index (χ0v) is 17.0. The van der Waals surface area contributed by atoms with Crippen LogP contribution in [0.15, 0.2) is 32.3 Å². The molecule has 1 aliphatic rings. The zero-order chi connectivity index (χ0) is 20.1. The third-order valence-electron chi connectivity index (χ3n) is 4.29. The predicted molar refractivity (Wildman–Crippen MR) is 105 cm³/mol. The average molecular weight is 476 g/mol. The number of nitrogens with two attached hydrogens (primary N) is 1. The number of halogens is 2. The maximum absolute atomic E-state index is 13.4. The van der Waals surface area contributed by atoms with Gasteiger partial charge in [-0.3, -0.25) is 10.7 Å². The van der Waals surface area contributed by atoms with Crippen LogP contribution < -0.4 is 15.9 Å². The molecule has 0 bridgehead atoms. The van der Waals surface area contributed by atoms with Crippen LogP contribution in [0.1, 0.15) is 25.0 Å². The largest absolute Gasteiger partial charge is 0.365 e. The van der Waals surface area contributed by atoms with Crippen molar-refractivity contribution in [3.05, 3.63) is 34.2 Å². The molecule has 2 aromatic rings. The fraction of sp³-hybridized carbons (Fsp3) is 0.400. The quantitative estimate of drug-likeness (QED) is 0.271. The van der Waals surface area contributed by atoms with Gasteiger partial charge in [-0.25, -0.2) is 27.7 Å². The number of hydrogen-bond donors (Lipinski definition) is 4. The lowest BCUT2D eigenvalue weighted by Crippen LogP contribution is -2.36. The van der Waals surface area contributed by atoms with Crippen LogP contribution in [0, 0.1) is 5.82 Å². The van der Waals surface area contributed by atoms with E-state index in [1.807, 2.05) is 5.48 Å². The van der Waals surface area contributed by atoms with Gasteiger partial charge in [0.1, 0.15) is 5.82 Å². The molecule has 28 heavy (non-hydrogen) atoms. The summed E-state index contributed by atoms with van der Waals surface area (Å²) in [6, 6.07) is 4.25. The maximum Gasteiger partial charge on any atom is 0.202 e. The van der Waals surface area contributed by atoms with Crippen LogP contribution in [-0.2, 0) is 11.2 Å². The molecule has 0 amide bonds. The van der Waals surface area contributed by atoms with Crippen LogP contribution in [0.3, 0.4) is 0 Å². The monoisotopic (exact) mass is 475 g/mol. The minimum atomic E-state index is -1.48. The Morgan fingerprint density at radius 2 is 2.36 bits per heavy atom. The SMILES string of the molecule is NS(=O)N1CCCC1CCNc1nonc1C(=Nc1ccc(F)c(Br)c1)NO. The molecular weight excluding hydrogens is 457 g/mol. The van der Waals surface area contributed by atoms with E-state index in [1.165, 1.54) is 18.2 Å². The summed E-state index contributed by atoms with van der Waals surface area (Å²) in [5.41, 5.74) is 2.50. The lowest BCUT2D eigenvalue weighted by molar-refractivity contribution is 0.234. The molecule has 1 fully saturated rings. The Bertz CT molecular complexity index is 881. The van der Waals surface area contributed by atoms with Crippen molar-refractivity contribution >= 4 is 44.4 Å². The van der Waals surface area contributed by atoms with Gasteiger partial charge in [0.2, 0.25) is 5.82 Å². The number of nitrogens with zero attached hydrogens (tertiary/aromatic N) is 4. The summed E-state index contributed by atoms with van der Waals surface area (Å²) in [6.07, 6.45) is 2.56. The van der Waals surface area contributed by atoms with Gasteiger partial charge in [0.05, 0.1) is 10.2 Å². The van der Waals surface area contributed by atoms with Crippen molar-refractivity contribution in [2.45, 2.75) is 25.3 Å². The van der Waals surface area contributed by atoms with E-state index < -0.39 is 17.0 Å². The second kappa shape index (κ2) is 9.52. The van der Waals surface area contributed by atoms with Crippen molar-refractivity contribution < 1.29 is 18.4 Å². The summed E-state index contributed by atoms with van der Waals surface area (Å²) in [6.45, 7) is 1.21. The molecular formula is C15H19BrFN7O3S. The molecule has 1 aromatic heterocycles. The highest BCUT2D eigenvalue weighted by Gasteiger charge is 2.27. The Morgan fingerprint density at radius 3 is 3.07 bits per heavy atom. The van der Waals surface area contributed by atoms with Crippen molar-refractivity contribution in [2.24, 2.45) is 10.1 Å². The van der Waals surface area contributed by atoms with E-state index in [1.54, 1.807) is 4.31 Å². The van der Waals surface area contributed by atoms with Crippen molar-refractivity contribution in [3.63, 3.8) is 0 Å². The van der Waals surface area contributed by atoms with Crippen LogP contribution in [0.4, 0.5) is 15.9 Å². The van der Waals surface area contributed by atoms with E-state index in [0.29, 0.717) is 25.2 Å². The zero-order valence-electron chi connectivity index (χ0n) is 14.6. The first-order valence-electron chi connectivity index (χ1n) is 8.43. The van der Waals surface area contributed by atoms with E-state index in [0.717, 1.165) is 12.8 Å². The number of hydrogen-bond acceptors (Lipinski definition) is 7. The molecule has 10 nitrogen and oxygen atoms in total. The van der Waals surface area contributed by atoms with Crippen LogP contribution in [0.25, 0.3) is 0 Å². The minimum Gasteiger partial charge on any atom is -0.365 e. The molecule has 0 aliphatic carbocycles. The van der Waals surface area contributed by atoms with Crippen molar-refractivity contribution in [1.82, 2.24) is 20.1 Å². The van der Waals surface area contributed by atoms with Gasteiger partial charge >= 0.3 is 0 Å². The fourth-order valence-electron chi connectivity index (χ4n) is 2.97. The highest BCUT2D eigenvalue weighted by molar-refractivity contribution is 9.10. The average Bonchev–Trinajstić information content (AvgIpc) is 3.32. The summed E-state index contributed by atoms with van der Waals surface area (Å²) >= 11 is 1.60. The van der Waals surface area contributed by atoms with E-state index >= 15 is 0 Å². The van der Waals surface area contributed by atoms with Gasteiger partial charge in [-0.15, -0.1) is 0 Å². The summed E-state index contributed by atoms with van der Waals surface area (Å²) in [4.78, 5) is 4.19. The predicted octanol–water partition coefficient (Wildman–Crippen LogP) is 1.83. The third-order valence-corrected chi connectivity index (χ3v) is 5.84. The molecule has 0 saturated carbocycles. The first-order chi connectivity index (χ1) is 13.5. The van der Waals surface area contributed by atoms with Gasteiger partial charge < -0.3 is 5.32 Å². The maximum atomic E-state index is 13.4. The molecule has 3 rings (SSSR count). The lowest BCUT2D eigenvalue weighted by atomic mass is 10.1. The Kier molecular flexibility index (Phi) is 7.07. The number of anilines is 1. The molecule has 1 aliphatic heterocycles. The molecule has 0 radical (unpaired) electrons. The molecule has 5 N–H and O–H groups in total. The van der Waals surface area contributed by atoms with E-state index in [-0.39, 0.29) is 27.9 Å². The number of aromatic nitrogens is 2. The Hall–Kier alpha value is -1.93. The summed E-state index contributed by atoms with van der Waals surface area (Å²) < 4.78 is 31.6. The standard InChI is InChI=1S/C15H19BrFN7O3S/c16-11-8-9(3-4-12(11)17)20-15(21-25)13-14(23-27-22-13)19-6-5-10-2-1-7-24(10)28(18)26/h3-4,8,10,25H,1-2,5-7,18H2,(H,19,23)(H,20,21). The van der Waals surface area contributed by atoms with Crippen LogP contribution in [-0.4, -0.2) is 49.0 Å². The molecule has 2 unspecified atom stereocenters. The third kappa shape index (κ3) is 4.91. The number of amidine groups is 1. The lowest BCUT2D eigenvalue weighted by Gasteiger charge is -2.20. The summed E-state index contributed by atoms with van der Waals surface area (Å²) in [5, 5.41) is 25.5. The normalized spacial score (nSPS) is 19.0. The Labute approximate surface area is 171 Å². The highest BCUT2D eigenvalue weighted by Crippen LogP contribution is 2.24. The number of nitrogens with one attached hydrogen (secondary N) is 2. The highest BCUT2D eigenvalue weighted by atomic mass is 79.9. The van der Waals surface area contributed by atoms with E-state index in [4.69, 9.17) is 9.77 Å². The van der Waals surface area contributed by atoms with Crippen LogP contribution in [0.2, 0.25) is 0 Å². The number of benzene rings is 1. The summed E-state index contributed by atoms with van der Waals surface area (Å²) in [5.74, 6) is -0.171. The first-order valence-corrected chi connectivity index (χ1v) is 10.4. The molecule has 1 aromatic carbocycles. The van der Waals surface area contributed by atoms with Gasteiger partial charge in [0.15, 0.2) is 22.7 Å². The summed E-state index contributed by atoms with van der Waals surface area (Å²) in [7, 11) is 0. The van der Waals surface area contributed by atoms with Crippen molar-refractivity contribution in [2.75, 3.05) is 18.4 Å². The molecule has 1 saturated heterocycles. The topological polar surface area (TPSA) is 142 Å². The van der Waals surface area contributed by atoms with Crippen molar-refractivity contribution in [1.29, 1.82) is 0 Å². The molecule has 13 heteroatoms. The second-order valence-electron chi connectivity index (χ2n) is 6.06. The first kappa shape index (κ1) is 20.8. The van der Waals surface area contributed by atoms with E-state index in [9.17, 15) is 13.8 Å². The smallest absolute Gasteiger partial charge is 0.202 e.